The third-order valence-corrected chi connectivity index (χ3v) is 8.88. The van der Waals surface area contributed by atoms with Gasteiger partial charge in [0.1, 0.15) is 6.04 Å². The summed E-state index contributed by atoms with van der Waals surface area (Å²) in [6, 6.07) is 2.01. The highest BCUT2D eigenvalue weighted by Crippen LogP contribution is 2.40. The second-order valence-electron chi connectivity index (χ2n) is 11.2. The summed E-state index contributed by atoms with van der Waals surface area (Å²) in [6.07, 6.45) is 5.86. The third-order valence-electron chi connectivity index (χ3n) is 8.05. The molecule has 206 valence electrons. The first-order valence-corrected chi connectivity index (χ1v) is 14.4. The van der Waals surface area contributed by atoms with E-state index in [4.69, 9.17) is 15.0 Å². The Balaban J connectivity index is 1.22. The Bertz CT molecular complexity index is 1360. The maximum absolute atomic E-state index is 13.3. The Morgan fingerprint density at radius 3 is 2.59 bits per heavy atom. The van der Waals surface area contributed by atoms with Crippen LogP contribution in [0.3, 0.4) is 0 Å². The van der Waals surface area contributed by atoms with Gasteiger partial charge in [0, 0.05) is 66.9 Å². The van der Waals surface area contributed by atoms with E-state index in [1.165, 1.54) is 24.2 Å². The molecule has 0 radical (unpaired) electrons. The number of likely N-dealkylation sites (tertiary alicyclic amines) is 1. The van der Waals surface area contributed by atoms with Crippen molar-refractivity contribution in [2.45, 2.75) is 69.2 Å². The number of H-pyrrole nitrogens is 1. The first-order chi connectivity index (χ1) is 18.9. The molecule has 4 fully saturated rings. The number of aliphatic hydroxyl groups is 1. The number of likely N-dealkylation sites (N-methyl/N-ethyl adjacent to an activating group) is 1. The fourth-order valence-corrected chi connectivity index (χ4v) is 6.76. The normalized spacial score (nSPS) is 26.8. The quantitative estimate of drug-likeness (QED) is 0.340. The number of fused-ring (bicyclic) bond motifs is 2. The number of thiazole rings is 1. The fraction of sp³-hybridized carbons (Fsp3) is 0.600. The van der Waals surface area contributed by atoms with E-state index >= 15 is 0 Å². The number of piperazine rings is 1. The van der Waals surface area contributed by atoms with Gasteiger partial charge >= 0.3 is 0 Å². The Labute approximate surface area is 230 Å². The maximum atomic E-state index is 13.3. The zero-order valence-corrected chi connectivity index (χ0v) is 22.9. The van der Waals surface area contributed by atoms with E-state index in [-0.39, 0.29) is 18.9 Å². The summed E-state index contributed by atoms with van der Waals surface area (Å²) in [4.78, 5) is 39.5. The van der Waals surface area contributed by atoms with Crippen LogP contribution in [-0.4, -0.2) is 97.0 Å². The van der Waals surface area contributed by atoms with Crippen LogP contribution in [0, 0.1) is 6.92 Å². The van der Waals surface area contributed by atoms with Crippen molar-refractivity contribution in [2.24, 2.45) is 0 Å². The van der Waals surface area contributed by atoms with Crippen LogP contribution in [-0.2, 0) is 4.79 Å². The standard InChI is InChI=1S/C25H33N11O2S/c1-13-9-26-25(39-13)28-21(38)19-7-17(37)12-35(19)23-29-22(27-20-8-18(32-33-20)14-3-4-14)30-24(31-23)36-15-5-6-16(36)11-34(2)10-15/h8-9,14-17,19,37H,3-7,10-12H2,1-2H3,(H,26,28,38)(H2,27,29,30,31,32,33). The largest absolute Gasteiger partial charge is 0.391 e. The van der Waals surface area contributed by atoms with Crippen LogP contribution in [0.15, 0.2) is 12.3 Å². The van der Waals surface area contributed by atoms with Gasteiger partial charge in [-0.2, -0.15) is 20.1 Å². The molecule has 4 N–H and O–H groups in total. The van der Waals surface area contributed by atoms with Crippen molar-refractivity contribution in [3.05, 3.63) is 22.8 Å². The highest BCUT2D eigenvalue weighted by molar-refractivity contribution is 7.15. The average Bonchev–Trinajstić information content (AvgIpc) is 3.16. The van der Waals surface area contributed by atoms with Gasteiger partial charge < -0.3 is 30.4 Å². The van der Waals surface area contributed by atoms with Crippen molar-refractivity contribution in [3.63, 3.8) is 0 Å². The Morgan fingerprint density at radius 2 is 1.87 bits per heavy atom. The summed E-state index contributed by atoms with van der Waals surface area (Å²) in [7, 11) is 2.16. The zero-order valence-electron chi connectivity index (χ0n) is 22.0. The van der Waals surface area contributed by atoms with Crippen LogP contribution >= 0.6 is 11.3 Å². The van der Waals surface area contributed by atoms with E-state index in [1.807, 2.05) is 13.0 Å². The SMILES string of the molecule is Cc1cnc(NC(=O)C2CC(O)CN2c2nc(Nc3cc(C4CC4)[nH]n3)nc(N3C4CCC3CN(C)C4)n2)s1. The van der Waals surface area contributed by atoms with Crippen molar-refractivity contribution in [2.75, 3.05) is 47.1 Å². The number of carbonyl (C=O) groups is 1. The number of β-amino-alcohol motifs (C(OH)–C–C–N with tert-alkyl or cyclic N) is 1. The van der Waals surface area contributed by atoms with Gasteiger partial charge in [0.05, 0.1) is 6.10 Å². The molecule has 13 nitrogen and oxygen atoms in total. The van der Waals surface area contributed by atoms with E-state index in [9.17, 15) is 9.90 Å². The lowest BCUT2D eigenvalue weighted by molar-refractivity contribution is -0.117. The molecule has 3 aromatic rings. The minimum Gasteiger partial charge on any atom is -0.391 e. The van der Waals surface area contributed by atoms with Crippen LogP contribution in [0.1, 0.15) is 48.6 Å². The summed E-state index contributed by atoms with van der Waals surface area (Å²) < 4.78 is 0. The molecule has 1 aliphatic carbocycles. The molecule has 2 bridgehead atoms. The Morgan fingerprint density at radius 1 is 1.10 bits per heavy atom. The van der Waals surface area contributed by atoms with E-state index < -0.39 is 12.1 Å². The average molecular weight is 552 g/mol. The molecule has 4 atom stereocenters. The number of aryl methyl sites for hydroxylation is 1. The van der Waals surface area contributed by atoms with Crippen molar-refractivity contribution in [3.8, 4) is 0 Å². The number of carbonyl (C=O) groups excluding carboxylic acids is 1. The van der Waals surface area contributed by atoms with Crippen LogP contribution in [0.2, 0.25) is 0 Å². The molecule has 1 saturated carbocycles. The van der Waals surface area contributed by atoms with Crippen LogP contribution in [0.25, 0.3) is 0 Å². The summed E-state index contributed by atoms with van der Waals surface area (Å²) >= 11 is 1.42. The molecule has 3 aliphatic heterocycles. The highest BCUT2D eigenvalue weighted by Gasteiger charge is 2.42. The molecule has 4 unspecified atom stereocenters. The lowest BCUT2D eigenvalue weighted by Gasteiger charge is -2.39. The van der Waals surface area contributed by atoms with E-state index in [1.54, 1.807) is 11.1 Å². The molecule has 14 heteroatoms. The summed E-state index contributed by atoms with van der Waals surface area (Å²) in [5, 5.41) is 24.8. The smallest absolute Gasteiger partial charge is 0.249 e. The van der Waals surface area contributed by atoms with Gasteiger partial charge in [0.25, 0.3) is 0 Å². The van der Waals surface area contributed by atoms with E-state index in [0.29, 0.717) is 46.8 Å². The van der Waals surface area contributed by atoms with Gasteiger partial charge in [-0.25, -0.2) is 4.98 Å². The molecule has 7 rings (SSSR count). The van der Waals surface area contributed by atoms with Gasteiger partial charge in [-0.3, -0.25) is 9.89 Å². The number of hydrogen-bond donors (Lipinski definition) is 4. The van der Waals surface area contributed by atoms with E-state index in [2.05, 4.69) is 42.7 Å². The lowest BCUT2D eigenvalue weighted by atomic mass is 10.2. The number of rotatable bonds is 7. The van der Waals surface area contributed by atoms with Gasteiger partial charge in [-0.15, -0.1) is 11.3 Å². The summed E-state index contributed by atoms with van der Waals surface area (Å²) in [6.45, 7) is 4.09. The Kier molecular flexibility index (Phi) is 6.12. The van der Waals surface area contributed by atoms with Crippen molar-refractivity contribution in [1.29, 1.82) is 0 Å². The first-order valence-electron chi connectivity index (χ1n) is 13.6. The van der Waals surface area contributed by atoms with Crippen LogP contribution in [0.5, 0.6) is 0 Å². The number of hydrogen-bond acceptors (Lipinski definition) is 12. The molecule has 3 saturated heterocycles. The lowest BCUT2D eigenvalue weighted by Crippen LogP contribution is -2.53. The molecule has 0 aromatic carbocycles. The minimum atomic E-state index is -0.678. The topological polar surface area (TPSA) is 151 Å². The second kappa shape index (κ2) is 9.68. The van der Waals surface area contributed by atoms with Gasteiger partial charge in [0.15, 0.2) is 10.9 Å². The molecular formula is C25H33N11O2S. The molecule has 1 amide bonds. The molecule has 0 spiro atoms. The van der Waals surface area contributed by atoms with Crippen LogP contribution < -0.4 is 20.4 Å². The number of nitrogens with one attached hydrogen (secondary N) is 3. The monoisotopic (exact) mass is 551 g/mol. The third kappa shape index (κ3) is 4.92. The molecule has 3 aromatic heterocycles. The van der Waals surface area contributed by atoms with Gasteiger partial charge in [-0.05, 0) is 39.7 Å². The van der Waals surface area contributed by atoms with Gasteiger partial charge in [0.2, 0.25) is 23.8 Å². The molecule has 39 heavy (non-hydrogen) atoms. The number of aliphatic hydroxyl groups excluding tert-OH is 1. The van der Waals surface area contributed by atoms with Crippen molar-refractivity contribution >= 4 is 46.0 Å². The number of amides is 1. The predicted octanol–water partition coefficient (Wildman–Crippen LogP) is 1.84. The molecule has 4 aliphatic rings. The second-order valence-corrected chi connectivity index (χ2v) is 12.4. The minimum absolute atomic E-state index is 0.238. The summed E-state index contributed by atoms with van der Waals surface area (Å²) in [5.41, 5.74) is 1.11. The molecule has 6 heterocycles. The summed E-state index contributed by atoms with van der Waals surface area (Å²) in [5.74, 6) is 2.29. The number of anilines is 5. The van der Waals surface area contributed by atoms with Crippen LogP contribution in [0.4, 0.5) is 28.8 Å². The number of aromatic nitrogens is 6. The Hall–Kier alpha value is -3.36. The maximum Gasteiger partial charge on any atom is 0.249 e. The van der Waals surface area contributed by atoms with E-state index in [0.717, 1.165) is 36.5 Å². The van der Waals surface area contributed by atoms with Gasteiger partial charge in [-0.1, -0.05) is 0 Å². The number of aromatic amines is 1. The number of nitrogens with zero attached hydrogens (tertiary/aromatic N) is 8. The molecular weight excluding hydrogens is 518 g/mol. The predicted molar refractivity (Wildman–Crippen MR) is 148 cm³/mol. The zero-order chi connectivity index (χ0) is 26.7. The van der Waals surface area contributed by atoms with Crippen molar-refractivity contribution < 1.29 is 9.90 Å². The first kappa shape index (κ1) is 24.7. The fourth-order valence-electron chi connectivity index (χ4n) is 6.10. The highest BCUT2D eigenvalue weighted by atomic mass is 32.1. The van der Waals surface area contributed by atoms with Crippen molar-refractivity contribution in [1.82, 2.24) is 35.0 Å².